The Balaban J connectivity index is 2.24. The van der Waals surface area contributed by atoms with Crippen molar-refractivity contribution in [1.29, 1.82) is 0 Å². The highest BCUT2D eigenvalue weighted by Crippen LogP contribution is 1.88. The molecule has 6 heteroatoms. The maximum absolute atomic E-state index is 12.0. The van der Waals surface area contributed by atoms with E-state index in [0.717, 1.165) is 6.42 Å². The molecule has 6 nitrogen and oxygen atoms in total. The summed E-state index contributed by atoms with van der Waals surface area (Å²) in [5.41, 5.74) is -0.503. The summed E-state index contributed by atoms with van der Waals surface area (Å²) in [4.78, 5) is 27.6. The largest absolute Gasteiger partial charge is 0.336 e. The third-order valence-electron chi connectivity index (χ3n) is 2.75. The fourth-order valence-corrected chi connectivity index (χ4v) is 1.81. The van der Waals surface area contributed by atoms with E-state index in [2.05, 4.69) is 4.98 Å². The second-order valence-corrected chi connectivity index (χ2v) is 4.08. The van der Waals surface area contributed by atoms with Crippen molar-refractivity contribution in [3.05, 3.63) is 51.8 Å². The van der Waals surface area contributed by atoms with Gasteiger partial charge in [-0.3, -0.25) is 9.36 Å². The van der Waals surface area contributed by atoms with Crippen molar-refractivity contribution >= 4 is 0 Å². The van der Waals surface area contributed by atoms with Crippen molar-refractivity contribution in [2.45, 2.75) is 33.0 Å². The van der Waals surface area contributed by atoms with Gasteiger partial charge >= 0.3 is 5.69 Å². The van der Waals surface area contributed by atoms with Gasteiger partial charge in [-0.15, -0.1) is 0 Å². The topological polar surface area (TPSA) is 61.8 Å². The number of hydrogen-bond donors (Lipinski definition) is 0. The summed E-state index contributed by atoms with van der Waals surface area (Å²) in [5, 5.41) is 0. The summed E-state index contributed by atoms with van der Waals surface area (Å²) < 4.78 is 4.66. The quantitative estimate of drug-likeness (QED) is 0.765. The van der Waals surface area contributed by atoms with E-state index in [-0.39, 0.29) is 11.2 Å². The van der Waals surface area contributed by atoms with E-state index in [4.69, 9.17) is 0 Å². The first-order valence-corrected chi connectivity index (χ1v) is 5.98. The Morgan fingerprint density at radius 1 is 1.17 bits per heavy atom. The number of hydrogen-bond acceptors (Lipinski definition) is 3. The molecular formula is C12H16N4O2. The molecule has 0 saturated heterocycles. The zero-order chi connectivity index (χ0) is 13.0. The summed E-state index contributed by atoms with van der Waals surface area (Å²) in [6, 6.07) is 1.44. The van der Waals surface area contributed by atoms with Gasteiger partial charge in [-0.1, -0.05) is 6.92 Å². The van der Waals surface area contributed by atoms with Crippen LogP contribution >= 0.6 is 0 Å². The van der Waals surface area contributed by atoms with Crippen LogP contribution < -0.4 is 11.2 Å². The average Bonchev–Trinajstić information content (AvgIpc) is 2.86. The Morgan fingerprint density at radius 3 is 2.67 bits per heavy atom. The summed E-state index contributed by atoms with van der Waals surface area (Å²) >= 11 is 0. The summed E-state index contributed by atoms with van der Waals surface area (Å²) in [5.74, 6) is 0. The van der Waals surface area contributed by atoms with Gasteiger partial charge in [-0.2, -0.15) is 0 Å². The van der Waals surface area contributed by atoms with E-state index in [1.807, 2.05) is 11.5 Å². The third kappa shape index (κ3) is 2.58. The van der Waals surface area contributed by atoms with Gasteiger partial charge in [-0.05, 0) is 6.42 Å². The molecule has 0 spiro atoms. The number of aromatic nitrogens is 4. The van der Waals surface area contributed by atoms with Crippen molar-refractivity contribution in [3.8, 4) is 0 Å². The van der Waals surface area contributed by atoms with Gasteiger partial charge in [0.15, 0.2) is 0 Å². The van der Waals surface area contributed by atoms with Gasteiger partial charge in [0.2, 0.25) is 0 Å². The minimum Gasteiger partial charge on any atom is -0.336 e. The highest BCUT2D eigenvalue weighted by molar-refractivity contribution is 4.86. The van der Waals surface area contributed by atoms with Crippen LogP contribution in [0.4, 0.5) is 0 Å². The first-order chi connectivity index (χ1) is 8.72. The lowest BCUT2D eigenvalue weighted by Crippen LogP contribution is -2.39. The standard InChI is InChI=1S/C12H16N4O2/c1-2-5-15-6-3-11(17)16(12(15)18)9-8-14-7-4-13-10-14/h3-4,6-7,10H,2,5,8-9H2,1H3. The van der Waals surface area contributed by atoms with Crippen LogP contribution in [0.25, 0.3) is 0 Å². The lowest BCUT2D eigenvalue weighted by Gasteiger charge is -2.09. The lowest BCUT2D eigenvalue weighted by atomic mass is 10.4. The van der Waals surface area contributed by atoms with Crippen LogP contribution in [0, 0.1) is 0 Å². The minimum atomic E-state index is -0.257. The molecular weight excluding hydrogens is 232 g/mol. The first-order valence-electron chi connectivity index (χ1n) is 5.98. The Bertz CT molecular complexity index is 610. The van der Waals surface area contributed by atoms with Crippen LogP contribution in [0.1, 0.15) is 13.3 Å². The molecule has 0 aliphatic rings. The van der Waals surface area contributed by atoms with Crippen molar-refractivity contribution in [3.63, 3.8) is 0 Å². The second-order valence-electron chi connectivity index (χ2n) is 4.08. The molecule has 2 heterocycles. The molecule has 2 rings (SSSR count). The Kier molecular flexibility index (Phi) is 3.76. The van der Waals surface area contributed by atoms with Crippen LogP contribution in [0.2, 0.25) is 0 Å². The van der Waals surface area contributed by atoms with Gasteiger partial charge < -0.3 is 9.13 Å². The molecule has 0 atom stereocenters. The molecule has 0 amide bonds. The number of nitrogens with zero attached hydrogens (tertiary/aromatic N) is 4. The van der Waals surface area contributed by atoms with E-state index >= 15 is 0 Å². The van der Waals surface area contributed by atoms with Gasteiger partial charge in [0.1, 0.15) is 0 Å². The first kappa shape index (κ1) is 12.3. The van der Waals surface area contributed by atoms with E-state index in [1.165, 1.54) is 10.6 Å². The smallest absolute Gasteiger partial charge is 0.331 e. The maximum Gasteiger partial charge on any atom is 0.331 e. The number of rotatable bonds is 5. The minimum absolute atomic E-state index is 0.246. The van der Waals surface area contributed by atoms with Crippen LogP contribution in [-0.4, -0.2) is 18.7 Å². The monoisotopic (exact) mass is 248 g/mol. The zero-order valence-corrected chi connectivity index (χ0v) is 10.3. The molecule has 18 heavy (non-hydrogen) atoms. The van der Waals surface area contributed by atoms with Gasteiger partial charge in [0, 0.05) is 44.3 Å². The summed E-state index contributed by atoms with van der Waals surface area (Å²) in [6.07, 6.45) is 7.56. The van der Waals surface area contributed by atoms with Crippen LogP contribution in [-0.2, 0) is 19.6 Å². The molecule has 0 aromatic carbocycles. The highest BCUT2D eigenvalue weighted by Gasteiger charge is 2.04. The Labute approximate surface area is 104 Å². The average molecular weight is 248 g/mol. The molecule has 0 fully saturated rings. The summed E-state index contributed by atoms with van der Waals surface area (Å²) in [6.45, 7) is 3.54. The SMILES string of the molecule is CCCn1ccc(=O)n(CCn2ccnc2)c1=O. The predicted molar refractivity (Wildman–Crippen MR) is 67.5 cm³/mol. The van der Waals surface area contributed by atoms with E-state index < -0.39 is 0 Å². The fraction of sp³-hybridized carbons (Fsp3) is 0.417. The molecule has 0 bridgehead atoms. The third-order valence-corrected chi connectivity index (χ3v) is 2.75. The van der Waals surface area contributed by atoms with Crippen molar-refractivity contribution in [2.75, 3.05) is 0 Å². The molecule has 0 aliphatic carbocycles. The fourth-order valence-electron chi connectivity index (χ4n) is 1.81. The van der Waals surface area contributed by atoms with Gasteiger partial charge in [0.25, 0.3) is 5.56 Å². The maximum atomic E-state index is 12.0. The normalized spacial score (nSPS) is 10.7. The molecule has 96 valence electrons. The van der Waals surface area contributed by atoms with Gasteiger partial charge in [0.05, 0.1) is 6.33 Å². The highest BCUT2D eigenvalue weighted by atomic mass is 16.2. The van der Waals surface area contributed by atoms with Crippen molar-refractivity contribution < 1.29 is 0 Å². The molecule has 0 N–H and O–H groups in total. The van der Waals surface area contributed by atoms with Crippen LogP contribution in [0.15, 0.2) is 40.6 Å². The summed E-state index contributed by atoms with van der Waals surface area (Å²) in [7, 11) is 0. The van der Waals surface area contributed by atoms with Crippen molar-refractivity contribution in [1.82, 2.24) is 18.7 Å². The molecule has 0 radical (unpaired) electrons. The van der Waals surface area contributed by atoms with E-state index in [0.29, 0.717) is 19.6 Å². The molecule has 2 aromatic heterocycles. The zero-order valence-electron chi connectivity index (χ0n) is 10.3. The van der Waals surface area contributed by atoms with Gasteiger partial charge in [-0.25, -0.2) is 9.78 Å². The number of aryl methyl sites for hydroxylation is 2. The van der Waals surface area contributed by atoms with Crippen molar-refractivity contribution in [2.24, 2.45) is 0 Å². The Morgan fingerprint density at radius 2 is 2.00 bits per heavy atom. The van der Waals surface area contributed by atoms with E-state index in [1.54, 1.807) is 29.5 Å². The number of imidazole rings is 1. The molecule has 0 aliphatic heterocycles. The molecule has 0 saturated carbocycles. The lowest BCUT2D eigenvalue weighted by molar-refractivity contribution is 0.504. The van der Waals surface area contributed by atoms with Crippen LogP contribution in [0.3, 0.4) is 0 Å². The Hall–Kier alpha value is -2.11. The van der Waals surface area contributed by atoms with E-state index in [9.17, 15) is 9.59 Å². The molecule has 2 aromatic rings. The van der Waals surface area contributed by atoms with Crippen LogP contribution in [0.5, 0.6) is 0 Å². The molecule has 0 unspecified atom stereocenters. The predicted octanol–water partition coefficient (Wildman–Crippen LogP) is 0.317. The second kappa shape index (κ2) is 5.48.